The van der Waals surface area contributed by atoms with Crippen LogP contribution in [0, 0.1) is 16.0 Å². The molecule has 0 amide bonds. The number of aryl methyl sites for hydroxylation is 1. The van der Waals surface area contributed by atoms with Gasteiger partial charge < -0.3 is 5.11 Å². The van der Waals surface area contributed by atoms with Gasteiger partial charge in [0, 0.05) is 27.8 Å². The zero-order valence-electron chi connectivity index (χ0n) is 20.0. The molecular formula is C25H45BrN2O3. The van der Waals surface area contributed by atoms with Gasteiger partial charge >= 0.3 is 4.63 Å². The average molecular weight is 502 g/mol. The Balaban J connectivity index is 0.000000842. The summed E-state index contributed by atoms with van der Waals surface area (Å²) in [6, 6.07) is 6.23. The fourth-order valence-electron chi connectivity index (χ4n) is 3.26. The number of unbranched alkanes of at least 4 members (excludes halogenated alkanes) is 13. The average Bonchev–Trinajstić information content (AvgIpc) is 2.75. The van der Waals surface area contributed by atoms with Crippen molar-refractivity contribution in [2.75, 3.05) is 0 Å². The number of nitro groups is 1. The third-order valence-corrected chi connectivity index (χ3v) is 6.71. The molecule has 0 saturated heterocycles. The quantitative estimate of drug-likeness (QED) is 0.0585. The van der Waals surface area contributed by atoms with Crippen LogP contribution in [-0.2, 0) is 6.42 Å². The Morgan fingerprint density at radius 2 is 1.39 bits per heavy atom. The summed E-state index contributed by atoms with van der Waals surface area (Å²) in [4.78, 5) is 13.6. The lowest BCUT2D eigenvalue weighted by molar-refractivity contribution is -0.594. The number of hydrogen-bond acceptors (Lipinski definition) is 4. The lowest BCUT2D eigenvalue weighted by Crippen LogP contribution is -2.36. The molecule has 1 heterocycles. The van der Waals surface area contributed by atoms with Crippen molar-refractivity contribution in [2.24, 2.45) is 5.92 Å². The molecule has 0 radical (unpaired) electrons. The van der Waals surface area contributed by atoms with E-state index in [1.54, 1.807) is 13.8 Å². The van der Waals surface area contributed by atoms with Crippen LogP contribution in [0.5, 0.6) is 0 Å². The monoisotopic (exact) mass is 500 g/mol. The summed E-state index contributed by atoms with van der Waals surface area (Å²) in [6.07, 6.45) is 23.0. The molecule has 0 aromatic carbocycles. The minimum atomic E-state index is -1.97. The first-order chi connectivity index (χ1) is 14.8. The maximum absolute atomic E-state index is 9.97. The first-order valence-electron chi connectivity index (χ1n) is 12.3. The van der Waals surface area contributed by atoms with Crippen LogP contribution in [0.15, 0.2) is 24.4 Å². The zero-order valence-corrected chi connectivity index (χ0v) is 21.6. The molecule has 1 atom stereocenters. The van der Waals surface area contributed by atoms with Crippen molar-refractivity contribution in [2.45, 2.75) is 122 Å². The van der Waals surface area contributed by atoms with Crippen molar-refractivity contribution in [3.05, 3.63) is 40.2 Å². The molecule has 0 aliphatic heterocycles. The fourth-order valence-corrected chi connectivity index (χ4v) is 3.26. The van der Waals surface area contributed by atoms with Gasteiger partial charge in [-0.15, -0.1) is 0 Å². The lowest BCUT2D eigenvalue weighted by Gasteiger charge is -2.14. The van der Waals surface area contributed by atoms with Gasteiger partial charge in [-0.2, -0.15) is 0 Å². The Hall–Kier alpha value is -1.01. The SMILES string of the molecule is CC(C)C(O)(Br)[N+](=O)[O-].CCCCCCCCCCCCCCCCc1ccccn1. The number of halogens is 1. The van der Waals surface area contributed by atoms with Crippen molar-refractivity contribution >= 4 is 15.9 Å². The number of aromatic nitrogens is 1. The predicted molar refractivity (Wildman–Crippen MR) is 134 cm³/mol. The van der Waals surface area contributed by atoms with Crippen LogP contribution in [0.2, 0.25) is 0 Å². The third kappa shape index (κ3) is 17.2. The smallest absolute Gasteiger partial charge is 0.321 e. The molecule has 0 saturated carbocycles. The van der Waals surface area contributed by atoms with Gasteiger partial charge in [0.1, 0.15) is 0 Å². The maximum atomic E-state index is 9.97. The second-order valence-corrected chi connectivity index (χ2v) is 9.88. The molecular weight excluding hydrogens is 456 g/mol. The number of rotatable bonds is 17. The van der Waals surface area contributed by atoms with Gasteiger partial charge in [-0.05, 0) is 25.0 Å². The van der Waals surface area contributed by atoms with Crippen molar-refractivity contribution in [3.8, 4) is 0 Å². The molecule has 0 spiro atoms. The van der Waals surface area contributed by atoms with Crippen LogP contribution in [0.3, 0.4) is 0 Å². The van der Waals surface area contributed by atoms with E-state index < -0.39 is 15.5 Å². The molecule has 0 bridgehead atoms. The van der Waals surface area contributed by atoms with E-state index in [0.29, 0.717) is 0 Å². The normalized spacial score (nSPS) is 12.8. The van der Waals surface area contributed by atoms with Gasteiger partial charge in [0.15, 0.2) is 0 Å². The van der Waals surface area contributed by atoms with Crippen LogP contribution < -0.4 is 0 Å². The first-order valence-corrected chi connectivity index (χ1v) is 13.1. The molecule has 1 unspecified atom stereocenters. The number of pyridine rings is 1. The molecule has 0 fully saturated rings. The highest BCUT2D eigenvalue weighted by Crippen LogP contribution is 2.24. The number of nitrogens with zero attached hydrogens (tertiary/aromatic N) is 2. The van der Waals surface area contributed by atoms with Gasteiger partial charge in [-0.3, -0.25) is 15.1 Å². The standard InChI is InChI=1S/C21H37N.C4H8BrNO3/c1-2-3-4-5-6-7-8-9-10-11-12-13-14-15-18-21-19-16-17-20-22-21;1-3(2)4(5,7)6(8)9/h16-17,19-20H,2-15,18H2,1H3;3,7H,1-2H3. The number of alkyl halides is 1. The minimum Gasteiger partial charge on any atom is -0.321 e. The Kier molecular flexibility index (Phi) is 19.0. The Bertz CT molecular complexity index is 539. The summed E-state index contributed by atoms with van der Waals surface area (Å²) >= 11 is 2.57. The second-order valence-electron chi connectivity index (χ2n) is 8.72. The molecule has 6 heteroatoms. The molecule has 1 aromatic rings. The zero-order chi connectivity index (χ0) is 23.4. The van der Waals surface area contributed by atoms with Crippen LogP contribution in [-0.4, -0.2) is 19.6 Å². The topological polar surface area (TPSA) is 76.3 Å². The summed E-state index contributed by atoms with van der Waals surface area (Å²) in [7, 11) is 0. The summed E-state index contributed by atoms with van der Waals surface area (Å²) in [5.41, 5.74) is 1.25. The molecule has 0 aliphatic carbocycles. The van der Waals surface area contributed by atoms with Gasteiger partial charge in [0.2, 0.25) is 0 Å². The minimum absolute atomic E-state index is 0.438. The molecule has 1 aromatic heterocycles. The summed E-state index contributed by atoms with van der Waals surface area (Å²) in [6.45, 7) is 5.40. The van der Waals surface area contributed by atoms with E-state index in [2.05, 4.69) is 40.0 Å². The van der Waals surface area contributed by atoms with E-state index in [-0.39, 0.29) is 0 Å². The van der Waals surface area contributed by atoms with Crippen molar-refractivity contribution in [3.63, 3.8) is 0 Å². The van der Waals surface area contributed by atoms with E-state index in [4.69, 9.17) is 5.11 Å². The van der Waals surface area contributed by atoms with Crippen LogP contribution >= 0.6 is 15.9 Å². The second kappa shape index (κ2) is 19.7. The van der Waals surface area contributed by atoms with Crippen molar-refractivity contribution in [1.82, 2.24) is 4.98 Å². The van der Waals surface area contributed by atoms with Crippen molar-refractivity contribution < 1.29 is 10.0 Å². The van der Waals surface area contributed by atoms with E-state index in [0.717, 1.165) is 6.42 Å². The van der Waals surface area contributed by atoms with Crippen LogP contribution in [0.25, 0.3) is 0 Å². The van der Waals surface area contributed by atoms with E-state index in [1.165, 1.54) is 95.6 Å². The largest absolute Gasteiger partial charge is 0.380 e. The fraction of sp³-hybridized carbons (Fsp3) is 0.800. The van der Waals surface area contributed by atoms with Crippen LogP contribution in [0.4, 0.5) is 0 Å². The van der Waals surface area contributed by atoms with Gasteiger partial charge in [0.05, 0.1) is 10.8 Å². The molecule has 5 nitrogen and oxygen atoms in total. The molecule has 180 valence electrons. The van der Waals surface area contributed by atoms with Gasteiger partial charge in [-0.1, -0.05) is 110 Å². The summed E-state index contributed by atoms with van der Waals surface area (Å²) < 4.78 is -1.97. The maximum Gasteiger partial charge on any atom is 0.380 e. The van der Waals surface area contributed by atoms with Gasteiger partial charge in [0.25, 0.3) is 0 Å². The Morgan fingerprint density at radius 3 is 1.71 bits per heavy atom. The molecule has 1 N–H and O–H groups in total. The predicted octanol–water partition coefficient (Wildman–Crippen LogP) is 8.07. The Labute approximate surface area is 198 Å². The highest BCUT2D eigenvalue weighted by atomic mass is 79.9. The number of hydrogen-bond donors (Lipinski definition) is 1. The first kappa shape index (κ1) is 30.0. The Morgan fingerprint density at radius 1 is 0.935 bits per heavy atom. The summed E-state index contributed by atoms with van der Waals surface area (Å²) in [5, 5.41) is 18.9. The number of aliphatic hydroxyl groups is 1. The van der Waals surface area contributed by atoms with Gasteiger partial charge in [-0.25, -0.2) is 0 Å². The molecule has 1 rings (SSSR count). The third-order valence-electron chi connectivity index (χ3n) is 5.50. The van der Waals surface area contributed by atoms with E-state index in [9.17, 15) is 10.1 Å². The highest BCUT2D eigenvalue weighted by Gasteiger charge is 2.40. The molecule has 0 aliphatic rings. The molecule has 31 heavy (non-hydrogen) atoms. The van der Waals surface area contributed by atoms with E-state index >= 15 is 0 Å². The summed E-state index contributed by atoms with van der Waals surface area (Å²) in [5.74, 6) is -0.438. The lowest BCUT2D eigenvalue weighted by atomic mass is 10.0. The highest BCUT2D eigenvalue weighted by molar-refractivity contribution is 9.09. The van der Waals surface area contributed by atoms with Crippen LogP contribution in [0.1, 0.15) is 116 Å². The van der Waals surface area contributed by atoms with Crippen molar-refractivity contribution in [1.29, 1.82) is 0 Å². The van der Waals surface area contributed by atoms with E-state index in [1.807, 2.05) is 12.3 Å².